The largest absolute Gasteiger partial charge is 0.324 e. The van der Waals surface area contributed by atoms with E-state index in [2.05, 4.69) is 15.0 Å². The molecular formula is C16H23N3O2S. The van der Waals surface area contributed by atoms with Gasteiger partial charge in [0, 0.05) is 0 Å². The summed E-state index contributed by atoms with van der Waals surface area (Å²) < 4.78 is 27.5. The van der Waals surface area contributed by atoms with Crippen molar-refractivity contribution in [2.45, 2.75) is 62.8 Å². The molecule has 1 aliphatic carbocycles. The number of guanidine groups is 1. The van der Waals surface area contributed by atoms with Gasteiger partial charge in [0.05, 0.1) is 11.7 Å². The third kappa shape index (κ3) is 3.11. The normalized spacial score (nSPS) is 23.0. The summed E-state index contributed by atoms with van der Waals surface area (Å²) in [7, 11) is -3.54. The van der Waals surface area contributed by atoms with Crippen molar-refractivity contribution in [2.75, 3.05) is 5.32 Å². The summed E-state index contributed by atoms with van der Waals surface area (Å²) in [5.74, 6) is 0.648. The first-order valence-electron chi connectivity index (χ1n) is 7.97. The van der Waals surface area contributed by atoms with Crippen molar-refractivity contribution < 1.29 is 8.42 Å². The van der Waals surface area contributed by atoms with Gasteiger partial charge in [-0.2, -0.15) is 0 Å². The number of nitrogens with one attached hydrogen (secondary N) is 2. The zero-order valence-electron chi connectivity index (χ0n) is 13.1. The maximum atomic E-state index is 12.5. The number of sulfonamides is 1. The first-order valence-corrected chi connectivity index (χ1v) is 9.45. The smallest absolute Gasteiger partial charge is 0.266 e. The van der Waals surface area contributed by atoms with Crippen LogP contribution in [0.3, 0.4) is 0 Å². The fourth-order valence-electron chi connectivity index (χ4n) is 3.01. The number of hydrogen-bond acceptors (Lipinski definition) is 3. The van der Waals surface area contributed by atoms with Gasteiger partial charge in [0.25, 0.3) is 10.0 Å². The minimum absolute atomic E-state index is 0.218. The Labute approximate surface area is 132 Å². The van der Waals surface area contributed by atoms with E-state index < -0.39 is 10.0 Å². The van der Waals surface area contributed by atoms with Crippen LogP contribution in [0.4, 0.5) is 5.69 Å². The van der Waals surface area contributed by atoms with E-state index in [4.69, 9.17) is 0 Å². The van der Waals surface area contributed by atoms with E-state index in [0.29, 0.717) is 16.5 Å². The Morgan fingerprint density at radius 1 is 1.18 bits per heavy atom. The molecule has 3 rings (SSSR count). The number of benzene rings is 1. The second-order valence-electron chi connectivity index (χ2n) is 6.41. The fourth-order valence-corrected chi connectivity index (χ4v) is 4.18. The molecule has 120 valence electrons. The van der Waals surface area contributed by atoms with Crippen LogP contribution in [0.25, 0.3) is 0 Å². The lowest BCUT2D eigenvalue weighted by Crippen LogP contribution is -2.41. The van der Waals surface area contributed by atoms with Crippen molar-refractivity contribution in [2.24, 2.45) is 4.99 Å². The summed E-state index contributed by atoms with van der Waals surface area (Å²) in [5.41, 5.74) is 1.62. The molecule has 6 heteroatoms. The van der Waals surface area contributed by atoms with Gasteiger partial charge in [0.2, 0.25) is 5.96 Å². The number of rotatable bonds is 2. The molecule has 0 radical (unpaired) electrons. The van der Waals surface area contributed by atoms with Crippen molar-refractivity contribution in [1.82, 2.24) is 4.72 Å². The van der Waals surface area contributed by atoms with Crippen molar-refractivity contribution in [3.63, 3.8) is 0 Å². The Balaban J connectivity index is 1.91. The predicted octanol–water partition coefficient (Wildman–Crippen LogP) is 3.20. The highest BCUT2D eigenvalue weighted by atomic mass is 32.2. The van der Waals surface area contributed by atoms with Crippen LogP contribution >= 0.6 is 0 Å². The van der Waals surface area contributed by atoms with E-state index in [1.54, 1.807) is 6.07 Å². The molecule has 1 aromatic rings. The molecule has 1 saturated carbocycles. The minimum atomic E-state index is -3.54. The van der Waals surface area contributed by atoms with E-state index in [-0.39, 0.29) is 12.0 Å². The molecule has 0 bridgehead atoms. The Morgan fingerprint density at radius 2 is 1.91 bits per heavy atom. The van der Waals surface area contributed by atoms with Crippen molar-refractivity contribution >= 4 is 21.7 Å². The van der Waals surface area contributed by atoms with Gasteiger partial charge in [-0.1, -0.05) is 39.2 Å². The first-order chi connectivity index (χ1) is 10.5. The summed E-state index contributed by atoms with van der Waals surface area (Å²) in [6.07, 6.45) is 5.66. The van der Waals surface area contributed by atoms with Crippen LogP contribution in [0.2, 0.25) is 0 Å². The number of fused-ring (bicyclic) bond motifs is 1. The SMILES string of the molecule is CC(C)c1ccc2c(c1)S(=O)(=O)NC(=NC1CCCCC1)N2. The zero-order chi connectivity index (χ0) is 15.7. The average molecular weight is 321 g/mol. The monoisotopic (exact) mass is 321 g/mol. The Bertz CT molecular complexity index is 689. The highest BCUT2D eigenvalue weighted by molar-refractivity contribution is 7.90. The summed E-state index contributed by atoms with van der Waals surface area (Å²) >= 11 is 0. The van der Waals surface area contributed by atoms with Crippen LogP contribution < -0.4 is 10.0 Å². The van der Waals surface area contributed by atoms with Crippen molar-refractivity contribution in [3.05, 3.63) is 23.8 Å². The molecule has 0 spiro atoms. The van der Waals surface area contributed by atoms with Crippen molar-refractivity contribution in [1.29, 1.82) is 0 Å². The van der Waals surface area contributed by atoms with Crippen LogP contribution in [0, 0.1) is 0 Å². The molecule has 5 nitrogen and oxygen atoms in total. The van der Waals surface area contributed by atoms with Crippen LogP contribution in [-0.4, -0.2) is 20.4 Å². The lowest BCUT2D eigenvalue weighted by atomic mass is 9.96. The predicted molar refractivity (Wildman–Crippen MR) is 88.8 cm³/mol. The third-order valence-electron chi connectivity index (χ3n) is 4.33. The van der Waals surface area contributed by atoms with Crippen LogP contribution in [-0.2, 0) is 10.0 Å². The van der Waals surface area contributed by atoms with E-state index in [1.807, 2.05) is 26.0 Å². The number of aliphatic imine (C=N–C) groups is 1. The topological polar surface area (TPSA) is 70.6 Å². The van der Waals surface area contributed by atoms with Gasteiger partial charge < -0.3 is 5.32 Å². The Morgan fingerprint density at radius 3 is 2.59 bits per heavy atom. The molecule has 0 aromatic heterocycles. The van der Waals surface area contributed by atoms with Crippen LogP contribution in [0.15, 0.2) is 28.1 Å². The van der Waals surface area contributed by atoms with Gasteiger partial charge in [-0.05, 0) is 36.5 Å². The summed E-state index contributed by atoms with van der Waals surface area (Å²) in [5, 5.41) is 3.13. The van der Waals surface area contributed by atoms with Gasteiger partial charge in [0.15, 0.2) is 0 Å². The molecule has 1 aliphatic heterocycles. The van der Waals surface area contributed by atoms with Crippen LogP contribution in [0.5, 0.6) is 0 Å². The minimum Gasteiger partial charge on any atom is -0.324 e. The molecule has 1 aromatic carbocycles. The number of hydrogen-bond donors (Lipinski definition) is 2. The highest BCUT2D eigenvalue weighted by Crippen LogP contribution is 2.29. The van der Waals surface area contributed by atoms with E-state index in [0.717, 1.165) is 18.4 Å². The molecular weight excluding hydrogens is 298 g/mol. The van der Waals surface area contributed by atoms with Gasteiger partial charge in [-0.25, -0.2) is 18.1 Å². The van der Waals surface area contributed by atoms with E-state index >= 15 is 0 Å². The van der Waals surface area contributed by atoms with Crippen LogP contribution in [0.1, 0.15) is 57.4 Å². The molecule has 1 fully saturated rings. The second-order valence-corrected chi connectivity index (χ2v) is 8.06. The zero-order valence-corrected chi connectivity index (χ0v) is 13.9. The summed E-state index contributed by atoms with van der Waals surface area (Å²) in [4.78, 5) is 4.87. The standard InChI is InChI=1S/C16H23N3O2S/c1-11(2)12-8-9-14-15(10-12)22(20,21)19-16(18-14)17-13-6-4-3-5-7-13/h8-11,13H,3-7H2,1-2H3,(H2,17,18,19). The van der Waals surface area contributed by atoms with Gasteiger partial charge in [-0.3, -0.25) is 0 Å². The molecule has 22 heavy (non-hydrogen) atoms. The van der Waals surface area contributed by atoms with E-state index in [1.165, 1.54) is 19.3 Å². The fraction of sp³-hybridized carbons (Fsp3) is 0.562. The lowest BCUT2D eigenvalue weighted by molar-refractivity contribution is 0.443. The number of anilines is 1. The van der Waals surface area contributed by atoms with Gasteiger partial charge in [-0.15, -0.1) is 0 Å². The third-order valence-corrected chi connectivity index (χ3v) is 5.71. The molecule has 2 aliphatic rings. The highest BCUT2D eigenvalue weighted by Gasteiger charge is 2.28. The van der Waals surface area contributed by atoms with E-state index in [9.17, 15) is 8.42 Å². The first kappa shape index (κ1) is 15.3. The average Bonchev–Trinajstić information content (AvgIpc) is 2.47. The molecule has 0 amide bonds. The van der Waals surface area contributed by atoms with Gasteiger partial charge in [0.1, 0.15) is 4.90 Å². The quantitative estimate of drug-likeness (QED) is 0.878. The molecule has 0 unspecified atom stereocenters. The Hall–Kier alpha value is -1.56. The van der Waals surface area contributed by atoms with Crippen molar-refractivity contribution in [3.8, 4) is 0 Å². The number of nitrogens with zero attached hydrogens (tertiary/aromatic N) is 1. The summed E-state index contributed by atoms with van der Waals surface area (Å²) in [6, 6.07) is 5.76. The second kappa shape index (κ2) is 5.91. The maximum absolute atomic E-state index is 12.5. The molecule has 1 heterocycles. The maximum Gasteiger partial charge on any atom is 0.266 e. The molecule has 2 N–H and O–H groups in total. The Kier molecular flexibility index (Phi) is 4.12. The molecule has 0 saturated heterocycles. The lowest BCUT2D eigenvalue weighted by Gasteiger charge is -2.25. The molecule has 0 atom stereocenters. The summed E-state index contributed by atoms with van der Waals surface area (Å²) in [6.45, 7) is 4.10. The van der Waals surface area contributed by atoms with Gasteiger partial charge >= 0.3 is 0 Å².